The third-order valence-corrected chi connectivity index (χ3v) is 6.91. The molecule has 0 bridgehead atoms. The molecule has 0 spiro atoms. The zero-order chi connectivity index (χ0) is 22.3. The standard InChI is InChI=1S/C28H33N4/c1-20-26(25(32(2,3)4)18-21-10-6-5-7-11-21)24-14-16-29-28(27(24)30-20)31-17-15-22-12-8-9-13-23(22)19-31/h5-14,16,25,30H,15,17-19H2,1-4H3/q+1. The van der Waals surface area contributed by atoms with Gasteiger partial charge >= 0.3 is 0 Å². The van der Waals surface area contributed by atoms with Crippen molar-refractivity contribution in [1.29, 1.82) is 0 Å². The zero-order valence-corrected chi connectivity index (χ0v) is 19.6. The molecule has 1 aliphatic heterocycles. The lowest BCUT2D eigenvalue weighted by Gasteiger charge is -2.35. The second kappa shape index (κ2) is 8.10. The predicted molar refractivity (Wildman–Crippen MR) is 133 cm³/mol. The van der Waals surface area contributed by atoms with Gasteiger partial charge in [0.05, 0.1) is 26.7 Å². The molecule has 0 saturated carbocycles. The van der Waals surface area contributed by atoms with Gasteiger partial charge in [-0.2, -0.15) is 0 Å². The van der Waals surface area contributed by atoms with E-state index in [0.717, 1.165) is 36.2 Å². The summed E-state index contributed by atoms with van der Waals surface area (Å²) in [6.07, 6.45) is 4.06. The summed E-state index contributed by atoms with van der Waals surface area (Å²) in [4.78, 5) is 11.0. The van der Waals surface area contributed by atoms with Crippen LogP contribution in [0.4, 0.5) is 5.82 Å². The van der Waals surface area contributed by atoms with Crippen LogP contribution in [0.2, 0.25) is 0 Å². The summed E-state index contributed by atoms with van der Waals surface area (Å²) in [7, 11) is 6.90. The van der Waals surface area contributed by atoms with Crippen molar-refractivity contribution >= 4 is 16.7 Å². The molecule has 0 radical (unpaired) electrons. The van der Waals surface area contributed by atoms with Crippen molar-refractivity contribution in [2.45, 2.75) is 32.4 Å². The molecule has 4 aromatic rings. The third kappa shape index (κ3) is 3.80. The number of nitrogens with zero attached hydrogens (tertiary/aromatic N) is 3. The van der Waals surface area contributed by atoms with Gasteiger partial charge in [-0.15, -0.1) is 0 Å². The summed E-state index contributed by atoms with van der Waals surface area (Å²) < 4.78 is 0.872. The zero-order valence-electron chi connectivity index (χ0n) is 19.6. The highest BCUT2D eigenvalue weighted by Crippen LogP contribution is 2.38. The molecule has 2 aromatic carbocycles. The van der Waals surface area contributed by atoms with E-state index in [0.29, 0.717) is 6.04 Å². The fourth-order valence-corrected chi connectivity index (χ4v) is 5.20. The Bertz CT molecular complexity index is 1230. The number of aromatic amines is 1. The van der Waals surface area contributed by atoms with Crippen LogP contribution in [-0.2, 0) is 19.4 Å². The van der Waals surface area contributed by atoms with Gasteiger partial charge in [0.2, 0.25) is 0 Å². The van der Waals surface area contributed by atoms with Gasteiger partial charge in [0.15, 0.2) is 5.82 Å². The second-order valence-corrected chi connectivity index (χ2v) is 9.98. The Kier molecular flexibility index (Phi) is 5.26. The molecule has 2 aromatic heterocycles. The molecule has 1 aliphatic rings. The molecular weight excluding hydrogens is 392 g/mol. The topological polar surface area (TPSA) is 31.9 Å². The van der Waals surface area contributed by atoms with E-state index in [1.807, 2.05) is 6.20 Å². The molecule has 4 nitrogen and oxygen atoms in total. The van der Waals surface area contributed by atoms with Gasteiger partial charge in [-0.1, -0.05) is 54.6 Å². The molecule has 0 fully saturated rings. The Morgan fingerprint density at radius 1 is 0.969 bits per heavy atom. The highest BCUT2D eigenvalue weighted by atomic mass is 15.3. The van der Waals surface area contributed by atoms with E-state index >= 15 is 0 Å². The smallest absolute Gasteiger partial charge is 0.153 e. The molecule has 164 valence electrons. The van der Waals surface area contributed by atoms with Crippen molar-refractivity contribution in [1.82, 2.24) is 9.97 Å². The van der Waals surface area contributed by atoms with E-state index in [4.69, 9.17) is 4.98 Å². The Morgan fingerprint density at radius 3 is 2.44 bits per heavy atom. The first-order valence-corrected chi connectivity index (χ1v) is 11.6. The molecule has 5 rings (SSSR count). The van der Waals surface area contributed by atoms with E-state index in [-0.39, 0.29) is 0 Å². The lowest BCUT2D eigenvalue weighted by molar-refractivity contribution is -0.902. The predicted octanol–water partition coefficient (Wildman–Crippen LogP) is 5.42. The third-order valence-electron chi connectivity index (χ3n) is 6.91. The van der Waals surface area contributed by atoms with Gasteiger partial charge in [0.1, 0.15) is 6.04 Å². The van der Waals surface area contributed by atoms with Crippen molar-refractivity contribution in [3.8, 4) is 0 Å². The van der Waals surface area contributed by atoms with Crippen molar-refractivity contribution in [3.63, 3.8) is 0 Å². The summed E-state index contributed by atoms with van der Waals surface area (Å²) in [6, 6.07) is 22.2. The molecule has 3 heterocycles. The van der Waals surface area contributed by atoms with E-state index in [9.17, 15) is 0 Å². The van der Waals surface area contributed by atoms with Crippen molar-refractivity contribution < 1.29 is 4.48 Å². The first kappa shape index (κ1) is 20.8. The average Bonchev–Trinajstić information content (AvgIpc) is 3.12. The van der Waals surface area contributed by atoms with E-state index < -0.39 is 0 Å². The number of nitrogens with one attached hydrogen (secondary N) is 1. The summed E-state index contributed by atoms with van der Waals surface area (Å²) >= 11 is 0. The second-order valence-electron chi connectivity index (χ2n) is 9.98. The van der Waals surface area contributed by atoms with Crippen LogP contribution < -0.4 is 4.90 Å². The Labute approximate surface area is 191 Å². The minimum atomic E-state index is 0.350. The Hall–Kier alpha value is -3.11. The fourth-order valence-electron chi connectivity index (χ4n) is 5.20. The number of hydrogen-bond acceptors (Lipinski definition) is 2. The summed E-state index contributed by atoms with van der Waals surface area (Å²) in [5.74, 6) is 1.08. The van der Waals surface area contributed by atoms with E-state index in [2.05, 4.69) is 98.6 Å². The number of pyridine rings is 1. The van der Waals surface area contributed by atoms with Crippen molar-refractivity contribution in [3.05, 3.63) is 94.8 Å². The highest BCUT2D eigenvalue weighted by molar-refractivity contribution is 5.93. The number of fused-ring (bicyclic) bond motifs is 2. The molecule has 4 heteroatoms. The van der Waals surface area contributed by atoms with Crippen molar-refractivity contribution in [2.75, 3.05) is 32.6 Å². The minimum absolute atomic E-state index is 0.350. The number of hydrogen-bond donors (Lipinski definition) is 1. The number of anilines is 1. The van der Waals surface area contributed by atoms with Gasteiger partial charge in [0.25, 0.3) is 0 Å². The first-order valence-electron chi connectivity index (χ1n) is 11.6. The molecule has 32 heavy (non-hydrogen) atoms. The van der Waals surface area contributed by atoms with Gasteiger partial charge in [0, 0.05) is 42.4 Å². The summed E-state index contributed by atoms with van der Waals surface area (Å²) in [5, 5.41) is 1.31. The minimum Gasteiger partial charge on any atom is -0.355 e. The average molecular weight is 426 g/mol. The van der Waals surface area contributed by atoms with Gasteiger partial charge in [-0.05, 0) is 36.1 Å². The monoisotopic (exact) mass is 425 g/mol. The van der Waals surface area contributed by atoms with Gasteiger partial charge < -0.3 is 14.4 Å². The van der Waals surface area contributed by atoms with Crippen LogP contribution in [0.5, 0.6) is 0 Å². The van der Waals surface area contributed by atoms with Crippen molar-refractivity contribution in [2.24, 2.45) is 0 Å². The number of benzene rings is 2. The summed E-state index contributed by atoms with van der Waals surface area (Å²) in [5.41, 5.74) is 8.09. The van der Waals surface area contributed by atoms with E-state index in [1.165, 1.54) is 38.9 Å². The largest absolute Gasteiger partial charge is 0.355 e. The number of quaternary nitrogens is 1. The molecule has 0 amide bonds. The number of H-pyrrole nitrogens is 1. The fraction of sp³-hybridized carbons (Fsp3) is 0.321. The SMILES string of the molecule is Cc1[nH]c2c(N3CCc4ccccc4C3)nccc2c1C(Cc1ccccc1)[N+](C)(C)C. The van der Waals surface area contributed by atoms with Crippen LogP contribution in [0.15, 0.2) is 66.9 Å². The number of aryl methyl sites for hydroxylation is 1. The lowest BCUT2D eigenvalue weighted by atomic mass is 9.94. The lowest BCUT2D eigenvalue weighted by Crippen LogP contribution is -2.40. The number of aromatic nitrogens is 2. The van der Waals surface area contributed by atoms with Crippen LogP contribution in [0, 0.1) is 6.92 Å². The Morgan fingerprint density at radius 2 is 1.69 bits per heavy atom. The van der Waals surface area contributed by atoms with Crippen LogP contribution in [0.25, 0.3) is 10.9 Å². The van der Waals surface area contributed by atoms with E-state index in [1.54, 1.807) is 0 Å². The number of rotatable bonds is 5. The maximum absolute atomic E-state index is 4.85. The number of likely N-dealkylation sites (N-methyl/N-ethyl adjacent to an activating group) is 1. The first-order chi connectivity index (χ1) is 15.4. The molecule has 1 atom stereocenters. The maximum Gasteiger partial charge on any atom is 0.153 e. The quantitative estimate of drug-likeness (QED) is 0.433. The maximum atomic E-state index is 4.85. The summed E-state index contributed by atoms with van der Waals surface area (Å²) in [6.45, 7) is 4.13. The highest BCUT2D eigenvalue weighted by Gasteiger charge is 2.32. The molecule has 0 aliphatic carbocycles. The van der Waals surface area contributed by atoms with Crippen LogP contribution in [0.3, 0.4) is 0 Å². The molecular formula is C28H33N4+. The normalized spacial score (nSPS) is 15.1. The van der Waals surface area contributed by atoms with Crippen LogP contribution >= 0.6 is 0 Å². The molecule has 0 saturated heterocycles. The van der Waals surface area contributed by atoms with Gasteiger partial charge in [-0.25, -0.2) is 4.98 Å². The Balaban J connectivity index is 1.57. The van der Waals surface area contributed by atoms with Crippen LogP contribution in [-0.4, -0.2) is 42.1 Å². The van der Waals surface area contributed by atoms with Gasteiger partial charge in [-0.3, -0.25) is 0 Å². The van der Waals surface area contributed by atoms with Crippen LogP contribution in [0.1, 0.15) is 34.0 Å². The molecule has 1 unspecified atom stereocenters. The molecule has 1 N–H and O–H groups in total.